The van der Waals surface area contributed by atoms with Gasteiger partial charge < -0.3 is 40.3 Å². The van der Waals surface area contributed by atoms with Gasteiger partial charge in [0, 0.05) is 6.42 Å². The van der Waals surface area contributed by atoms with Gasteiger partial charge in [0.1, 0.15) is 24.4 Å². The topological polar surface area (TPSA) is 149 Å². The molecule has 0 radical (unpaired) electrons. The Bertz CT molecular complexity index is 863. The van der Waals surface area contributed by atoms with Crippen LogP contribution in [0.25, 0.3) is 0 Å². The average molecular weight is 696 g/mol. The van der Waals surface area contributed by atoms with E-state index in [0.717, 1.165) is 44.9 Å². The molecule has 49 heavy (non-hydrogen) atoms. The molecule has 0 aromatic carbocycles. The average Bonchev–Trinajstić information content (AvgIpc) is 3.10. The maximum absolute atomic E-state index is 12.8. The van der Waals surface area contributed by atoms with E-state index < -0.39 is 49.5 Å². The van der Waals surface area contributed by atoms with Crippen LogP contribution < -0.4 is 5.32 Å². The Labute approximate surface area is 298 Å². The molecule has 0 aromatic heterocycles. The van der Waals surface area contributed by atoms with Gasteiger partial charge in [-0.05, 0) is 44.9 Å². The third kappa shape index (κ3) is 22.8. The predicted octanol–water partition coefficient (Wildman–Crippen LogP) is 6.94. The van der Waals surface area contributed by atoms with Crippen LogP contribution in [0.2, 0.25) is 0 Å². The zero-order valence-electron chi connectivity index (χ0n) is 30.9. The second-order valence-electron chi connectivity index (χ2n) is 13.7. The molecule has 1 amide bonds. The molecule has 1 aliphatic rings. The van der Waals surface area contributed by atoms with Gasteiger partial charge in [0.15, 0.2) is 6.29 Å². The van der Waals surface area contributed by atoms with Crippen molar-refractivity contribution in [3.8, 4) is 0 Å². The number of amides is 1. The Hall–Kier alpha value is -1.59. The zero-order chi connectivity index (χ0) is 36.0. The SMILES string of the molecule is CCCCCCCCCC/C=C/CC/C=C/CC/C=C/C(O)C(COC1OC(CO)C(O)C(O)C1O)NC(=O)CCCCCCCCCC. The molecule has 0 aromatic rings. The van der Waals surface area contributed by atoms with Crippen molar-refractivity contribution in [3.63, 3.8) is 0 Å². The van der Waals surface area contributed by atoms with Gasteiger partial charge in [0.2, 0.25) is 5.91 Å². The zero-order valence-corrected chi connectivity index (χ0v) is 30.9. The van der Waals surface area contributed by atoms with Crippen LogP contribution in [0.3, 0.4) is 0 Å². The molecule has 1 saturated heterocycles. The molecule has 0 aliphatic carbocycles. The second-order valence-corrected chi connectivity index (χ2v) is 13.7. The standard InChI is InChI=1S/C40H73NO8/c1-3-5-7-9-11-13-14-15-16-17-18-19-20-21-22-23-25-27-29-34(43)33(41-36(44)30-28-26-24-12-10-8-6-4-2)32-48-40-39(47)38(46)37(45)35(31-42)49-40/h17-18,21-22,27,29,33-35,37-40,42-43,45-47H,3-16,19-20,23-26,28,30-32H2,1-2H3,(H,41,44)/b18-17+,22-21+,29-27+. The number of aliphatic hydroxyl groups is 5. The van der Waals surface area contributed by atoms with Crippen molar-refractivity contribution in [2.24, 2.45) is 0 Å². The van der Waals surface area contributed by atoms with Crippen molar-refractivity contribution in [2.75, 3.05) is 13.2 Å². The maximum atomic E-state index is 12.8. The van der Waals surface area contributed by atoms with Crippen LogP contribution in [0.5, 0.6) is 0 Å². The van der Waals surface area contributed by atoms with E-state index in [0.29, 0.717) is 6.42 Å². The second kappa shape index (κ2) is 31.2. The molecule has 0 bridgehead atoms. The summed E-state index contributed by atoms with van der Waals surface area (Å²) in [6.45, 7) is 3.68. The van der Waals surface area contributed by atoms with Crippen LogP contribution >= 0.6 is 0 Å². The van der Waals surface area contributed by atoms with Crippen LogP contribution in [0, 0.1) is 0 Å². The molecule has 7 atom stereocenters. The summed E-state index contributed by atoms with van der Waals surface area (Å²) in [6, 6.07) is -0.821. The van der Waals surface area contributed by atoms with Crippen LogP contribution in [0.4, 0.5) is 0 Å². The fourth-order valence-corrected chi connectivity index (χ4v) is 5.95. The number of carbonyl (C=O) groups is 1. The number of allylic oxidation sites excluding steroid dienone is 5. The van der Waals surface area contributed by atoms with E-state index in [-0.39, 0.29) is 12.5 Å². The molecule has 0 saturated carbocycles. The van der Waals surface area contributed by atoms with Crippen LogP contribution in [-0.4, -0.2) is 87.5 Å². The number of unbranched alkanes of at least 4 members (excludes halogenated alkanes) is 17. The normalized spacial score (nSPS) is 22.8. The van der Waals surface area contributed by atoms with Crippen molar-refractivity contribution in [1.82, 2.24) is 5.32 Å². The number of ether oxygens (including phenoxy) is 2. The largest absolute Gasteiger partial charge is 0.394 e. The highest BCUT2D eigenvalue weighted by molar-refractivity contribution is 5.76. The van der Waals surface area contributed by atoms with Gasteiger partial charge in [0.05, 0.1) is 25.4 Å². The predicted molar refractivity (Wildman–Crippen MR) is 198 cm³/mol. The van der Waals surface area contributed by atoms with Gasteiger partial charge in [-0.3, -0.25) is 4.79 Å². The van der Waals surface area contributed by atoms with Gasteiger partial charge in [-0.2, -0.15) is 0 Å². The Morgan fingerprint density at radius 2 is 1.16 bits per heavy atom. The van der Waals surface area contributed by atoms with Crippen molar-refractivity contribution in [2.45, 2.75) is 198 Å². The number of aliphatic hydroxyl groups excluding tert-OH is 5. The van der Waals surface area contributed by atoms with Crippen molar-refractivity contribution in [1.29, 1.82) is 0 Å². The van der Waals surface area contributed by atoms with E-state index in [1.165, 1.54) is 89.9 Å². The molecule has 0 spiro atoms. The summed E-state index contributed by atoms with van der Waals surface area (Å²) in [7, 11) is 0. The van der Waals surface area contributed by atoms with E-state index >= 15 is 0 Å². The van der Waals surface area contributed by atoms with E-state index in [9.17, 15) is 30.3 Å². The summed E-state index contributed by atoms with van der Waals surface area (Å²) < 4.78 is 11.1. The molecule has 1 rings (SSSR count). The van der Waals surface area contributed by atoms with Gasteiger partial charge in [-0.25, -0.2) is 0 Å². The molecule has 1 aliphatic heterocycles. The first kappa shape index (κ1) is 45.4. The minimum Gasteiger partial charge on any atom is -0.394 e. The Balaban J connectivity index is 2.45. The first-order valence-corrected chi connectivity index (χ1v) is 19.7. The fourth-order valence-electron chi connectivity index (χ4n) is 5.95. The summed E-state index contributed by atoms with van der Waals surface area (Å²) in [6.07, 6.45) is 29.2. The van der Waals surface area contributed by atoms with Crippen LogP contribution in [0.15, 0.2) is 36.5 Å². The van der Waals surface area contributed by atoms with Gasteiger partial charge >= 0.3 is 0 Å². The number of hydrogen-bond acceptors (Lipinski definition) is 8. The van der Waals surface area contributed by atoms with Crippen LogP contribution in [-0.2, 0) is 14.3 Å². The molecular weight excluding hydrogens is 622 g/mol. The summed E-state index contributed by atoms with van der Waals surface area (Å²) in [4.78, 5) is 12.8. The summed E-state index contributed by atoms with van der Waals surface area (Å²) >= 11 is 0. The van der Waals surface area contributed by atoms with Gasteiger partial charge in [-0.15, -0.1) is 0 Å². The molecule has 7 unspecified atom stereocenters. The number of hydrogen-bond donors (Lipinski definition) is 6. The smallest absolute Gasteiger partial charge is 0.220 e. The quantitative estimate of drug-likeness (QED) is 0.0338. The summed E-state index contributed by atoms with van der Waals surface area (Å²) in [5.41, 5.74) is 0. The Kier molecular flexibility index (Phi) is 28.9. The third-order valence-corrected chi connectivity index (χ3v) is 9.20. The van der Waals surface area contributed by atoms with Crippen molar-refractivity contribution < 1.29 is 39.8 Å². The highest BCUT2D eigenvalue weighted by Crippen LogP contribution is 2.22. The molecular formula is C40H73NO8. The highest BCUT2D eigenvalue weighted by atomic mass is 16.7. The van der Waals surface area contributed by atoms with E-state index in [2.05, 4.69) is 43.5 Å². The number of rotatable bonds is 31. The molecule has 6 N–H and O–H groups in total. The minimum absolute atomic E-state index is 0.198. The van der Waals surface area contributed by atoms with Gasteiger partial charge in [0.25, 0.3) is 0 Å². The maximum Gasteiger partial charge on any atom is 0.220 e. The Morgan fingerprint density at radius 3 is 1.71 bits per heavy atom. The monoisotopic (exact) mass is 696 g/mol. The number of nitrogens with one attached hydrogen (secondary N) is 1. The third-order valence-electron chi connectivity index (χ3n) is 9.20. The minimum atomic E-state index is -1.57. The lowest BCUT2D eigenvalue weighted by Crippen LogP contribution is -2.60. The van der Waals surface area contributed by atoms with Gasteiger partial charge in [-0.1, -0.05) is 140 Å². The van der Waals surface area contributed by atoms with Crippen molar-refractivity contribution in [3.05, 3.63) is 36.5 Å². The Morgan fingerprint density at radius 1 is 0.673 bits per heavy atom. The van der Waals surface area contributed by atoms with E-state index in [4.69, 9.17) is 9.47 Å². The summed E-state index contributed by atoms with van der Waals surface area (Å²) in [5.74, 6) is -0.198. The molecule has 9 nitrogen and oxygen atoms in total. The first-order chi connectivity index (χ1) is 23.8. The number of carbonyl (C=O) groups excluding carboxylic acids is 1. The van der Waals surface area contributed by atoms with Crippen molar-refractivity contribution >= 4 is 5.91 Å². The lowest BCUT2D eigenvalue weighted by Gasteiger charge is -2.40. The fraction of sp³-hybridized carbons (Fsp3) is 0.825. The summed E-state index contributed by atoms with van der Waals surface area (Å²) in [5, 5.41) is 53.8. The lowest BCUT2D eigenvalue weighted by atomic mass is 9.99. The van der Waals surface area contributed by atoms with E-state index in [1.807, 2.05) is 6.08 Å². The lowest BCUT2D eigenvalue weighted by molar-refractivity contribution is -0.302. The first-order valence-electron chi connectivity index (χ1n) is 19.7. The highest BCUT2D eigenvalue weighted by Gasteiger charge is 2.44. The van der Waals surface area contributed by atoms with E-state index in [1.54, 1.807) is 6.08 Å². The molecule has 9 heteroatoms. The molecule has 1 heterocycles. The van der Waals surface area contributed by atoms with Crippen LogP contribution in [0.1, 0.15) is 155 Å². The molecule has 286 valence electrons. The molecule has 1 fully saturated rings.